The maximum Gasteiger partial charge on any atom is 0.410 e. The van der Waals surface area contributed by atoms with Crippen molar-refractivity contribution >= 4 is 29.5 Å². The SMILES string of the molecule is CC(C)N1CC(=O)N(Cc2ccc(Cl)c(F)c2)C2(CN(C(=O)OC(C)(C)C)C2)C1=O. The smallest absolute Gasteiger partial charge is 0.410 e. The van der Waals surface area contributed by atoms with E-state index in [0.717, 1.165) is 0 Å². The van der Waals surface area contributed by atoms with Gasteiger partial charge in [-0.15, -0.1) is 0 Å². The van der Waals surface area contributed by atoms with Gasteiger partial charge in [-0.2, -0.15) is 0 Å². The molecule has 3 amide bonds. The molecule has 7 nitrogen and oxygen atoms in total. The highest BCUT2D eigenvalue weighted by molar-refractivity contribution is 6.30. The molecule has 164 valence electrons. The molecule has 2 aliphatic heterocycles. The molecule has 1 aromatic carbocycles. The van der Waals surface area contributed by atoms with Gasteiger partial charge in [-0.3, -0.25) is 9.59 Å². The summed E-state index contributed by atoms with van der Waals surface area (Å²) in [5.74, 6) is -1.05. The van der Waals surface area contributed by atoms with Crippen LogP contribution in [0.15, 0.2) is 18.2 Å². The molecule has 2 aliphatic rings. The third-order valence-corrected chi connectivity index (χ3v) is 5.59. The number of likely N-dealkylation sites (tertiary alicyclic amines) is 1. The quantitative estimate of drug-likeness (QED) is 0.725. The highest BCUT2D eigenvalue weighted by Gasteiger charge is 2.61. The molecule has 0 unspecified atom stereocenters. The molecule has 2 fully saturated rings. The number of carbonyl (C=O) groups is 3. The summed E-state index contributed by atoms with van der Waals surface area (Å²) in [6.45, 7) is 9.03. The lowest BCUT2D eigenvalue weighted by Crippen LogP contribution is -2.81. The minimum Gasteiger partial charge on any atom is -0.444 e. The van der Waals surface area contributed by atoms with Crippen LogP contribution in [0.2, 0.25) is 5.02 Å². The van der Waals surface area contributed by atoms with E-state index >= 15 is 0 Å². The van der Waals surface area contributed by atoms with Crippen molar-refractivity contribution in [1.82, 2.24) is 14.7 Å². The summed E-state index contributed by atoms with van der Waals surface area (Å²) in [6.07, 6.45) is -0.535. The Bertz CT molecular complexity index is 877. The summed E-state index contributed by atoms with van der Waals surface area (Å²) >= 11 is 5.76. The van der Waals surface area contributed by atoms with E-state index in [9.17, 15) is 18.8 Å². The first-order valence-corrected chi connectivity index (χ1v) is 10.3. The fraction of sp³-hybridized carbons (Fsp3) is 0.571. The number of rotatable bonds is 3. The summed E-state index contributed by atoms with van der Waals surface area (Å²) in [5, 5.41) is -0.0137. The molecular weight excluding hydrogens is 413 g/mol. The summed E-state index contributed by atoms with van der Waals surface area (Å²) in [4.78, 5) is 43.2. The molecule has 1 spiro atoms. The molecular formula is C21H27ClFN3O4. The Morgan fingerprint density at radius 3 is 2.43 bits per heavy atom. The van der Waals surface area contributed by atoms with Crippen molar-refractivity contribution in [2.75, 3.05) is 19.6 Å². The van der Waals surface area contributed by atoms with Crippen LogP contribution < -0.4 is 0 Å². The summed E-state index contributed by atoms with van der Waals surface area (Å²) in [5.41, 5.74) is -1.34. The zero-order valence-corrected chi connectivity index (χ0v) is 18.6. The number of carbonyl (C=O) groups excluding carboxylic acids is 3. The Morgan fingerprint density at radius 1 is 1.27 bits per heavy atom. The second-order valence-electron chi connectivity index (χ2n) is 9.12. The Morgan fingerprint density at radius 2 is 1.90 bits per heavy atom. The van der Waals surface area contributed by atoms with Gasteiger partial charge < -0.3 is 19.4 Å². The molecule has 3 rings (SSSR count). The molecule has 1 aromatic rings. The third-order valence-electron chi connectivity index (χ3n) is 5.29. The van der Waals surface area contributed by atoms with Crippen molar-refractivity contribution in [2.45, 2.75) is 58.3 Å². The number of nitrogens with zero attached hydrogens (tertiary/aromatic N) is 3. The Kier molecular flexibility index (Phi) is 5.75. The molecule has 0 atom stereocenters. The van der Waals surface area contributed by atoms with Crippen molar-refractivity contribution in [3.05, 3.63) is 34.6 Å². The molecule has 0 aliphatic carbocycles. The molecule has 0 N–H and O–H groups in total. The van der Waals surface area contributed by atoms with Crippen molar-refractivity contribution in [3.8, 4) is 0 Å². The lowest BCUT2D eigenvalue weighted by atomic mass is 9.83. The average Bonchev–Trinajstić information content (AvgIpc) is 2.57. The Balaban J connectivity index is 1.88. The average molecular weight is 440 g/mol. The normalized spacial score (nSPS) is 18.9. The van der Waals surface area contributed by atoms with Gasteiger partial charge >= 0.3 is 6.09 Å². The standard InChI is InChI=1S/C21H27ClFN3O4/c1-13(2)25-10-17(27)26(9-14-6-7-15(22)16(23)8-14)21(18(25)28)11-24(12-21)19(29)30-20(3,4)5/h6-8,13H,9-12H2,1-5H3. The first-order valence-electron chi connectivity index (χ1n) is 9.87. The van der Waals surface area contributed by atoms with E-state index < -0.39 is 23.1 Å². The first kappa shape index (κ1) is 22.3. The van der Waals surface area contributed by atoms with Gasteiger partial charge in [0.2, 0.25) is 5.91 Å². The number of benzene rings is 1. The molecule has 0 radical (unpaired) electrons. The molecule has 30 heavy (non-hydrogen) atoms. The molecule has 0 bridgehead atoms. The Hall–Kier alpha value is -2.35. The van der Waals surface area contributed by atoms with E-state index in [1.54, 1.807) is 26.8 Å². The van der Waals surface area contributed by atoms with Gasteiger partial charge in [0.1, 0.15) is 18.0 Å². The zero-order chi connectivity index (χ0) is 22.4. The maximum atomic E-state index is 13.9. The number of amides is 3. The van der Waals surface area contributed by atoms with E-state index in [1.807, 2.05) is 13.8 Å². The lowest BCUT2D eigenvalue weighted by Gasteiger charge is -2.58. The number of ether oxygens (including phenoxy) is 1. The molecule has 0 aromatic heterocycles. The Labute approximate surface area is 180 Å². The number of hydrogen-bond acceptors (Lipinski definition) is 4. The monoisotopic (exact) mass is 439 g/mol. The van der Waals surface area contributed by atoms with Crippen molar-refractivity contribution in [3.63, 3.8) is 0 Å². The van der Waals surface area contributed by atoms with E-state index in [0.29, 0.717) is 5.56 Å². The van der Waals surface area contributed by atoms with Crippen LogP contribution in [0, 0.1) is 5.82 Å². The highest BCUT2D eigenvalue weighted by Crippen LogP contribution is 2.36. The van der Waals surface area contributed by atoms with Gasteiger partial charge in [0, 0.05) is 12.6 Å². The maximum absolute atomic E-state index is 13.9. The van der Waals surface area contributed by atoms with Gasteiger partial charge in [-0.25, -0.2) is 9.18 Å². The third kappa shape index (κ3) is 4.10. The molecule has 9 heteroatoms. The van der Waals surface area contributed by atoms with Crippen LogP contribution in [-0.4, -0.2) is 69.4 Å². The minimum atomic E-state index is -1.19. The molecule has 2 saturated heterocycles. The lowest BCUT2D eigenvalue weighted by molar-refractivity contribution is -0.180. The second kappa shape index (κ2) is 7.72. The largest absolute Gasteiger partial charge is 0.444 e. The van der Waals surface area contributed by atoms with E-state index in [-0.39, 0.29) is 49.1 Å². The van der Waals surface area contributed by atoms with Crippen LogP contribution in [0.5, 0.6) is 0 Å². The van der Waals surface area contributed by atoms with Gasteiger partial charge in [0.15, 0.2) is 5.54 Å². The van der Waals surface area contributed by atoms with Gasteiger partial charge in [0.25, 0.3) is 5.91 Å². The van der Waals surface area contributed by atoms with E-state index in [4.69, 9.17) is 16.3 Å². The van der Waals surface area contributed by atoms with Gasteiger partial charge in [-0.1, -0.05) is 17.7 Å². The first-order chi connectivity index (χ1) is 13.8. The second-order valence-corrected chi connectivity index (χ2v) is 9.53. The van der Waals surface area contributed by atoms with Crippen LogP contribution in [0.1, 0.15) is 40.2 Å². The van der Waals surface area contributed by atoms with Crippen molar-refractivity contribution in [2.24, 2.45) is 0 Å². The topological polar surface area (TPSA) is 70.2 Å². The number of hydrogen-bond donors (Lipinski definition) is 0. The van der Waals surface area contributed by atoms with Crippen molar-refractivity contribution < 1.29 is 23.5 Å². The predicted octanol–water partition coefficient (Wildman–Crippen LogP) is 3.05. The minimum absolute atomic E-state index is 0.0137. The van der Waals surface area contributed by atoms with Gasteiger partial charge in [-0.05, 0) is 52.3 Å². The molecule has 0 saturated carbocycles. The fourth-order valence-electron chi connectivity index (χ4n) is 3.75. The van der Waals surface area contributed by atoms with E-state index in [1.165, 1.54) is 26.8 Å². The fourth-order valence-corrected chi connectivity index (χ4v) is 3.87. The van der Waals surface area contributed by atoms with Crippen LogP contribution in [-0.2, 0) is 20.9 Å². The van der Waals surface area contributed by atoms with Crippen molar-refractivity contribution in [1.29, 1.82) is 0 Å². The summed E-state index contributed by atoms with van der Waals surface area (Å²) in [7, 11) is 0. The van der Waals surface area contributed by atoms with Gasteiger partial charge in [0.05, 0.1) is 18.1 Å². The molecule has 2 heterocycles. The van der Waals surface area contributed by atoms with E-state index in [2.05, 4.69) is 0 Å². The van der Waals surface area contributed by atoms with Crippen LogP contribution in [0.25, 0.3) is 0 Å². The summed E-state index contributed by atoms with van der Waals surface area (Å²) < 4.78 is 19.3. The number of piperazine rings is 1. The van der Waals surface area contributed by atoms with Crippen LogP contribution in [0.3, 0.4) is 0 Å². The van der Waals surface area contributed by atoms with Crippen LogP contribution in [0.4, 0.5) is 9.18 Å². The predicted molar refractivity (Wildman–Crippen MR) is 109 cm³/mol. The summed E-state index contributed by atoms with van der Waals surface area (Å²) in [6, 6.07) is 4.13. The number of halogens is 2. The van der Waals surface area contributed by atoms with Crippen LogP contribution >= 0.6 is 11.6 Å². The zero-order valence-electron chi connectivity index (χ0n) is 17.9. The highest BCUT2D eigenvalue weighted by atomic mass is 35.5.